The van der Waals surface area contributed by atoms with E-state index in [0.29, 0.717) is 5.56 Å². The third-order valence-corrected chi connectivity index (χ3v) is 2.91. The molecule has 0 radical (unpaired) electrons. The van der Waals surface area contributed by atoms with Crippen molar-refractivity contribution in [2.24, 2.45) is 0 Å². The Morgan fingerprint density at radius 3 is 2.71 bits per heavy atom. The van der Waals surface area contributed by atoms with Crippen LogP contribution in [0.5, 0.6) is 0 Å². The van der Waals surface area contributed by atoms with E-state index in [1.165, 1.54) is 0 Å². The third kappa shape index (κ3) is 3.05. The number of nitrogens with one attached hydrogen (secondary N) is 2. The van der Waals surface area contributed by atoms with Crippen molar-refractivity contribution >= 4 is 11.6 Å². The van der Waals surface area contributed by atoms with E-state index in [4.69, 9.17) is 5.26 Å². The monoisotopic (exact) mass is 229 g/mol. The van der Waals surface area contributed by atoms with Crippen LogP contribution in [0.1, 0.15) is 24.8 Å². The zero-order valence-electron chi connectivity index (χ0n) is 9.57. The second-order valence-electron chi connectivity index (χ2n) is 4.18. The second-order valence-corrected chi connectivity index (χ2v) is 4.18. The average molecular weight is 229 g/mol. The van der Waals surface area contributed by atoms with Gasteiger partial charge in [0.25, 0.3) is 0 Å². The Labute approximate surface area is 101 Å². The zero-order valence-corrected chi connectivity index (χ0v) is 9.57. The molecule has 1 aliphatic rings. The minimum Gasteiger partial charge on any atom is -0.325 e. The summed E-state index contributed by atoms with van der Waals surface area (Å²) in [4.78, 5) is 11.9. The van der Waals surface area contributed by atoms with Gasteiger partial charge in [0.05, 0.1) is 17.7 Å². The molecule has 88 valence electrons. The summed E-state index contributed by atoms with van der Waals surface area (Å²) < 4.78 is 0. The molecule has 4 nitrogen and oxygen atoms in total. The third-order valence-electron chi connectivity index (χ3n) is 2.91. The molecule has 1 aromatic rings. The van der Waals surface area contributed by atoms with Crippen LogP contribution in [0.25, 0.3) is 0 Å². The lowest BCUT2D eigenvalue weighted by molar-refractivity contribution is -0.118. The number of hydrogen-bond acceptors (Lipinski definition) is 3. The van der Waals surface area contributed by atoms with Crippen molar-refractivity contribution in [1.29, 1.82) is 5.26 Å². The highest BCUT2D eigenvalue weighted by atomic mass is 16.2. The molecule has 0 bridgehead atoms. The maximum Gasteiger partial charge on any atom is 0.241 e. The standard InChI is InChI=1S/C13H15N3O/c14-9-10-4-6-11(7-5-10)16-13(17)12-3-1-2-8-15-12/h4-7,12,15H,1-3,8H2,(H,16,17)/t12-/m0/s1. The van der Waals surface area contributed by atoms with Crippen molar-refractivity contribution < 1.29 is 4.79 Å². The number of benzene rings is 1. The van der Waals surface area contributed by atoms with Crippen LogP contribution in [0.3, 0.4) is 0 Å². The van der Waals surface area contributed by atoms with Gasteiger partial charge in [0.2, 0.25) is 5.91 Å². The zero-order chi connectivity index (χ0) is 12.1. The lowest BCUT2D eigenvalue weighted by Gasteiger charge is -2.22. The molecule has 0 saturated carbocycles. The number of carbonyl (C=O) groups excluding carboxylic acids is 1. The van der Waals surface area contributed by atoms with Gasteiger partial charge in [-0.2, -0.15) is 5.26 Å². The van der Waals surface area contributed by atoms with Crippen molar-refractivity contribution in [2.45, 2.75) is 25.3 Å². The van der Waals surface area contributed by atoms with E-state index < -0.39 is 0 Å². The number of anilines is 1. The number of nitrogens with zero attached hydrogens (tertiary/aromatic N) is 1. The van der Waals surface area contributed by atoms with Crippen molar-refractivity contribution in [2.75, 3.05) is 11.9 Å². The first-order chi connectivity index (χ1) is 8.29. The van der Waals surface area contributed by atoms with Crippen LogP contribution in [0.2, 0.25) is 0 Å². The fourth-order valence-electron chi connectivity index (χ4n) is 1.93. The summed E-state index contributed by atoms with van der Waals surface area (Å²) in [5, 5.41) is 14.7. The highest BCUT2D eigenvalue weighted by Gasteiger charge is 2.20. The maximum absolute atomic E-state index is 11.9. The molecule has 1 atom stereocenters. The summed E-state index contributed by atoms with van der Waals surface area (Å²) in [6.45, 7) is 0.908. The number of nitriles is 1. The van der Waals surface area contributed by atoms with E-state index in [-0.39, 0.29) is 11.9 Å². The molecule has 1 heterocycles. The van der Waals surface area contributed by atoms with E-state index in [1.807, 2.05) is 6.07 Å². The molecule has 4 heteroatoms. The highest BCUT2D eigenvalue weighted by Crippen LogP contribution is 2.12. The van der Waals surface area contributed by atoms with E-state index in [0.717, 1.165) is 31.5 Å². The summed E-state index contributed by atoms with van der Waals surface area (Å²) in [6.07, 6.45) is 3.13. The summed E-state index contributed by atoms with van der Waals surface area (Å²) in [6, 6.07) is 8.86. The molecular weight excluding hydrogens is 214 g/mol. The number of rotatable bonds is 2. The quantitative estimate of drug-likeness (QED) is 0.810. The summed E-state index contributed by atoms with van der Waals surface area (Å²) in [5.74, 6) is 0.00871. The molecule has 1 fully saturated rings. The molecular formula is C13H15N3O. The predicted molar refractivity (Wildman–Crippen MR) is 65.4 cm³/mol. The van der Waals surface area contributed by atoms with E-state index in [9.17, 15) is 4.79 Å². The first kappa shape index (κ1) is 11.6. The van der Waals surface area contributed by atoms with Gasteiger partial charge >= 0.3 is 0 Å². The maximum atomic E-state index is 11.9. The number of hydrogen-bond donors (Lipinski definition) is 2. The number of piperidine rings is 1. The number of carbonyl (C=O) groups is 1. The molecule has 1 aromatic carbocycles. The minimum absolute atomic E-state index is 0.00871. The molecule has 0 aromatic heterocycles. The van der Waals surface area contributed by atoms with Gasteiger partial charge in [0.15, 0.2) is 0 Å². The average Bonchev–Trinajstić information content (AvgIpc) is 2.40. The highest BCUT2D eigenvalue weighted by molar-refractivity contribution is 5.94. The van der Waals surface area contributed by atoms with E-state index >= 15 is 0 Å². The Kier molecular flexibility index (Phi) is 3.73. The lowest BCUT2D eigenvalue weighted by Crippen LogP contribution is -2.43. The fraction of sp³-hybridized carbons (Fsp3) is 0.385. The van der Waals surface area contributed by atoms with Crippen LogP contribution in [0.15, 0.2) is 24.3 Å². The lowest BCUT2D eigenvalue weighted by atomic mass is 10.0. The molecule has 2 rings (SSSR count). The van der Waals surface area contributed by atoms with E-state index in [1.54, 1.807) is 24.3 Å². The molecule has 0 spiro atoms. The summed E-state index contributed by atoms with van der Waals surface area (Å²) >= 11 is 0. The molecule has 1 amide bonds. The van der Waals surface area contributed by atoms with Crippen LogP contribution in [-0.2, 0) is 4.79 Å². The van der Waals surface area contributed by atoms with Gasteiger partial charge in [-0.15, -0.1) is 0 Å². The van der Waals surface area contributed by atoms with Crippen LogP contribution >= 0.6 is 0 Å². The molecule has 1 saturated heterocycles. The van der Waals surface area contributed by atoms with Crippen molar-refractivity contribution in [3.8, 4) is 6.07 Å². The van der Waals surface area contributed by atoms with Crippen LogP contribution < -0.4 is 10.6 Å². The smallest absolute Gasteiger partial charge is 0.241 e. The van der Waals surface area contributed by atoms with Gasteiger partial charge in [-0.25, -0.2) is 0 Å². The molecule has 17 heavy (non-hydrogen) atoms. The molecule has 0 aliphatic carbocycles. The van der Waals surface area contributed by atoms with Gasteiger partial charge in [0.1, 0.15) is 0 Å². The summed E-state index contributed by atoms with van der Waals surface area (Å²) in [7, 11) is 0. The molecule has 2 N–H and O–H groups in total. The van der Waals surface area contributed by atoms with Gasteiger partial charge < -0.3 is 10.6 Å². The topological polar surface area (TPSA) is 64.9 Å². The van der Waals surface area contributed by atoms with Crippen LogP contribution in [0.4, 0.5) is 5.69 Å². The van der Waals surface area contributed by atoms with Gasteiger partial charge in [-0.05, 0) is 43.7 Å². The van der Waals surface area contributed by atoms with Crippen LogP contribution in [0, 0.1) is 11.3 Å². The first-order valence-electron chi connectivity index (χ1n) is 5.84. The Bertz CT molecular complexity index is 427. The van der Waals surface area contributed by atoms with Crippen molar-refractivity contribution in [1.82, 2.24) is 5.32 Å². The Hall–Kier alpha value is -1.86. The van der Waals surface area contributed by atoms with E-state index in [2.05, 4.69) is 10.6 Å². The number of amides is 1. The Morgan fingerprint density at radius 1 is 1.35 bits per heavy atom. The van der Waals surface area contributed by atoms with Crippen LogP contribution in [-0.4, -0.2) is 18.5 Å². The predicted octanol–water partition coefficient (Wildman–Crippen LogP) is 1.64. The van der Waals surface area contributed by atoms with Crippen molar-refractivity contribution in [3.05, 3.63) is 29.8 Å². The largest absolute Gasteiger partial charge is 0.325 e. The molecule has 0 unspecified atom stereocenters. The summed E-state index contributed by atoms with van der Waals surface area (Å²) in [5.41, 5.74) is 1.33. The SMILES string of the molecule is N#Cc1ccc(NC(=O)[C@@H]2CCCCN2)cc1. The van der Waals surface area contributed by atoms with Gasteiger partial charge in [-0.1, -0.05) is 6.42 Å². The van der Waals surface area contributed by atoms with Crippen molar-refractivity contribution in [3.63, 3.8) is 0 Å². The van der Waals surface area contributed by atoms with Gasteiger partial charge in [-0.3, -0.25) is 4.79 Å². The molecule has 1 aliphatic heterocycles. The Balaban J connectivity index is 1.95. The van der Waals surface area contributed by atoms with Gasteiger partial charge in [0, 0.05) is 5.69 Å². The first-order valence-corrected chi connectivity index (χ1v) is 5.84. The second kappa shape index (κ2) is 5.46. The fourth-order valence-corrected chi connectivity index (χ4v) is 1.93. The minimum atomic E-state index is -0.0839. The normalized spacial score (nSPS) is 19.4. The Morgan fingerprint density at radius 2 is 2.12 bits per heavy atom.